The van der Waals surface area contributed by atoms with Gasteiger partial charge in [-0.05, 0) is 77.2 Å². The average molecular weight is 594 g/mol. The molecule has 1 N–H and O–H groups in total. The number of carbonyl (C=O) groups is 1. The molecule has 0 radical (unpaired) electrons. The molecule has 0 aliphatic carbocycles. The number of hydrogen-bond acceptors (Lipinski definition) is 4. The molecular formula is C35H58F3N3O. The predicted molar refractivity (Wildman–Crippen MR) is 176 cm³/mol. The van der Waals surface area contributed by atoms with E-state index in [2.05, 4.69) is 82.8 Å². The summed E-state index contributed by atoms with van der Waals surface area (Å²) in [4.78, 5) is 17.3. The second-order valence-electron chi connectivity index (χ2n) is 10.3. The Kier molecular flexibility index (Phi) is 25.7. The van der Waals surface area contributed by atoms with Crippen molar-refractivity contribution < 1.29 is 18.0 Å². The Bertz CT molecular complexity index is 984. The molecule has 1 saturated heterocycles. The van der Waals surface area contributed by atoms with Gasteiger partial charge in [-0.2, -0.15) is 0 Å². The maximum atomic E-state index is 12.5. The highest BCUT2D eigenvalue weighted by molar-refractivity contribution is 6.02. The van der Waals surface area contributed by atoms with Gasteiger partial charge in [0.05, 0.1) is 0 Å². The molecule has 1 heterocycles. The van der Waals surface area contributed by atoms with Gasteiger partial charge in [0.2, 0.25) is 0 Å². The molecule has 0 amide bonds. The molecule has 1 aliphatic heterocycles. The first-order chi connectivity index (χ1) is 19.9. The number of aryl methyl sites for hydroxylation is 1. The number of carbonyl (C=O) groups excluding carboxylic acids is 1. The van der Waals surface area contributed by atoms with Crippen LogP contribution in [0.1, 0.15) is 113 Å². The lowest BCUT2D eigenvalue weighted by Crippen LogP contribution is -2.43. The van der Waals surface area contributed by atoms with Crippen molar-refractivity contribution in [2.24, 2.45) is 4.99 Å². The van der Waals surface area contributed by atoms with Crippen molar-refractivity contribution in [2.75, 3.05) is 26.2 Å². The monoisotopic (exact) mass is 593 g/mol. The van der Waals surface area contributed by atoms with Crippen molar-refractivity contribution in [3.63, 3.8) is 0 Å². The third-order valence-corrected chi connectivity index (χ3v) is 6.22. The van der Waals surface area contributed by atoms with E-state index in [4.69, 9.17) is 0 Å². The first kappa shape index (κ1) is 41.5. The molecule has 7 heteroatoms. The maximum absolute atomic E-state index is 12.5. The van der Waals surface area contributed by atoms with Gasteiger partial charge in [0.1, 0.15) is 5.78 Å². The third-order valence-electron chi connectivity index (χ3n) is 6.22. The number of unbranched alkanes of at least 4 members (excludes halogenated alkanes) is 1. The fraction of sp³-hybridized carbons (Fsp3) is 0.600. The number of rotatable bonds is 10. The zero-order valence-electron chi connectivity index (χ0n) is 28.1. The number of halogens is 3. The van der Waals surface area contributed by atoms with Crippen molar-refractivity contribution in [1.82, 2.24) is 10.2 Å². The Morgan fingerprint density at radius 3 is 1.90 bits per heavy atom. The lowest BCUT2D eigenvalue weighted by molar-refractivity contribution is -0.117. The molecule has 1 aliphatic rings. The fourth-order valence-corrected chi connectivity index (χ4v) is 3.94. The van der Waals surface area contributed by atoms with E-state index in [0.717, 1.165) is 76.1 Å². The van der Waals surface area contributed by atoms with Gasteiger partial charge in [0.25, 0.3) is 0 Å². The van der Waals surface area contributed by atoms with E-state index in [9.17, 15) is 18.0 Å². The number of aliphatic imine (C=N–C) groups is 1. The van der Waals surface area contributed by atoms with Crippen molar-refractivity contribution in [1.29, 1.82) is 0 Å². The lowest BCUT2D eigenvalue weighted by atomic mass is 10.00. The highest BCUT2D eigenvalue weighted by atomic mass is 19.2. The van der Waals surface area contributed by atoms with E-state index in [1.807, 2.05) is 13.1 Å². The number of ketones is 1. The van der Waals surface area contributed by atoms with E-state index in [1.54, 1.807) is 6.92 Å². The second-order valence-corrected chi connectivity index (χ2v) is 10.3. The van der Waals surface area contributed by atoms with Crippen LogP contribution in [0.5, 0.6) is 0 Å². The Hall–Kier alpha value is -2.67. The van der Waals surface area contributed by atoms with Gasteiger partial charge in [-0.3, -0.25) is 4.99 Å². The fourth-order valence-electron chi connectivity index (χ4n) is 3.94. The number of allylic oxidation sites excluding steroid dienone is 5. The Balaban J connectivity index is 0. The summed E-state index contributed by atoms with van der Waals surface area (Å²) < 4.78 is 37.5. The number of nitrogens with one attached hydrogen (secondary N) is 1. The summed E-state index contributed by atoms with van der Waals surface area (Å²) in [5, 5.41) is 3.40. The van der Waals surface area contributed by atoms with Gasteiger partial charge in [-0.25, -0.2) is 13.2 Å². The molecule has 0 spiro atoms. The van der Waals surface area contributed by atoms with Crippen LogP contribution in [0.15, 0.2) is 52.3 Å². The second kappa shape index (κ2) is 26.0. The van der Waals surface area contributed by atoms with Gasteiger partial charge in [-0.15, -0.1) is 0 Å². The number of hydrogen-bond donors (Lipinski definition) is 1. The lowest BCUT2D eigenvalue weighted by Gasteiger charge is -2.32. The molecule has 0 atom stereocenters. The highest BCUT2D eigenvalue weighted by Crippen LogP contribution is 2.20. The minimum absolute atomic E-state index is 0.307. The van der Waals surface area contributed by atoms with Crippen LogP contribution in [-0.2, 0) is 11.2 Å². The molecule has 0 aromatic heterocycles. The van der Waals surface area contributed by atoms with Crippen LogP contribution < -0.4 is 5.32 Å². The first-order valence-corrected chi connectivity index (χ1v) is 15.6. The molecule has 240 valence electrons. The zero-order chi connectivity index (χ0) is 32.5. The molecule has 1 fully saturated rings. The maximum Gasteiger partial charge on any atom is 0.194 e. The van der Waals surface area contributed by atoms with Crippen molar-refractivity contribution in [3.05, 3.63) is 70.3 Å². The van der Waals surface area contributed by atoms with Crippen LogP contribution in [0.3, 0.4) is 0 Å². The minimum Gasteiger partial charge on any atom is -0.372 e. The van der Waals surface area contributed by atoms with E-state index < -0.39 is 17.5 Å². The number of piperazine rings is 1. The average Bonchev–Trinajstić information content (AvgIpc) is 2.96. The minimum atomic E-state index is -1.39. The predicted octanol–water partition coefficient (Wildman–Crippen LogP) is 9.75. The summed E-state index contributed by atoms with van der Waals surface area (Å²) in [6.45, 7) is 24.8. The summed E-state index contributed by atoms with van der Waals surface area (Å²) in [6.07, 6.45) is 12.7. The standard InChI is InChI=1S/C17H29N3.C9H9F3.C6H12O.C3H8/c1-6-8-9-19-15(4)17(14(3)7-2)16(5)20-12-10-18-11-13-20;1-2-3-6-4-7(10)9(12)8(11)5-6;1-3-4-5-6(2)7;1-3-2/h7-9,18H,6,10-13H2,1-5H3;4-5H,2-3H2,1H3;3-5H2,1-2H3;3H2,1-2H3/b9-8+,14-7-,17-16+,19-15+;;;. The van der Waals surface area contributed by atoms with Crippen molar-refractivity contribution in [2.45, 2.75) is 114 Å². The van der Waals surface area contributed by atoms with Crippen LogP contribution in [0.2, 0.25) is 0 Å². The van der Waals surface area contributed by atoms with E-state index >= 15 is 0 Å². The summed E-state index contributed by atoms with van der Waals surface area (Å²) >= 11 is 0. The van der Waals surface area contributed by atoms with Gasteiger partial charge < -0.3 is 15.0 Å². The summed E-state index contributed by atoms with van der Waals surface area (Å²) in [6, 6.07) is 2.06. The quantitative estimate of drug-likeness (QED) is 0.167. The first-order valence-electron chi connectivity index (χ1n) is 15.6. The summed E-state index contributed by atoms with van der Waals surface area (Å²) in [5.74, 6) is -3.31. The van der Waals surface area contributed by atoms with Crippen LogP contribution in [-0.4, -0.2) is 42.6 Å². The van der Waals surface area contributed by atoms with Gasteiger partial charge >= 0.3 is 0 Å². The molecule has 0 unspecified atom stereocenters. The van der Waals surface area contributed by atoms with E-state index in [0.29, 0.717) is 17.8 Å². The third kappa shape index (κ3) is 18.7. The SMILES string of the molecule is CCC.CCCCC(C)=O.CCCc1cc(F)c(F)c(F)c1.C\C=C(C)/C(C(/C)=N/C=C/CC)=C(/C)N1CCNCC1. The van der Waals surface area contributed by atoms with Gasteiger partial charge in [0, 0.05) is 55.8 Å². The largest absolute Gasteiger partial charge is 0.372 e. The molecule has 1 aromatic carbocycles. The van der Waals surface area contributed by atoms with Crippen molar-refractivity contribution in [3.8, 4) is 0 Å². The van der Waals surface area contributed by atoms with Crippen LogP contribution in [0.4, 0.5) is 13.2 Å². The Labute approximate surface area is 255 Å². The Morgan fingerprint density at radius 1 is 0.952 bits per heavy atom. The van der Waals surface area contributed by atoms with E-state index in [1.165, 1.54) is 23.3 Å². The molecule has 1 aromatic rings. The summed E-state index contributed by atoms with van der Waals surface area (Å²) in [7, 11) is 0. The molecule has 2 rings (SSSR count). The van der Waals surface area contributed by atoms with Crippen molar-refractivity contribution >= 4 is 11.5 Å². The molecular weight excluding hydrogens is 535 g/mol. The Morgan fingerprint density at radius 2 is 1.50 bits per heavy atom. The normalized spacial score (nSPS) is 14.2. The molecule has 42 heavy (non-hydrogen) atoms. The topological polar surface area (TPSA) is 44.7 Å². The zero-order valence-corrected chi connectivity index (χ0v) is 28.1. The van der Waals surface area contributed by atoms with Gasteiger partial charge in [-0.1, -0.05) is 66.0 Å². The molecule has 0 saturated carbocycles. The smallest absolute Gasteiger partial charge is 0.194 e. The number of benzene rings is 1. The number of Topliss-reactive ketones (excluding diaryl/α,β-unsaturated/α-hetero) is 1. The highest BCUT2D eigenvalue weighted by Gasteiger charge is 2.16. The molecule has 0 bridgehead atoms. The van der Waals surface area contributed by atoms with E-state index in [-0.39, 0.29) is 0 Å². The van der Waals surface area contributed by atoms with Gasteiger partial charge in [0.15, 0.2) is 17.5 Å². The molecule has 4 nitrogen and oxygen atoms in total. The van der Waals surface area contributed by atoms with Crippen LogP contribution in [0, 0.1) is 17.5 Å². The number of nitrogens with zero attached hydrogens (tertiary/aromatic N) is 2. The summed E-state index contributed by atoms with van der Waals surface area (Å²) in [5.41, 5.74) is 5.52. The van der Waals surface area contributed by atoms with Crippen LogP contribution in [0.25, 0.3) is 0 Å². The van der Waals surface area contributed by atoms with Crippen LogP contribution >= 0.6 is 0 Å².